The SMILES string of the molecule is Cc1ccnc(C(C)C)c1-n1c(=O)nc(N2C[C@H](C)C[C@H](C)C2)c2cc(F)c(-c3c(Cl)c(N)c(F)c(F)c3Cl)nc21.Cc1ccnc(C(C)C)c1-n1c(=O)nc(N2C[C@H](C)C[C@H](C)C2)c2cc(F)c(-c3c(F)c(N)c(F)c(F)c3F)nc21.Cc1ccnc(C(C)C)c1-n1c(=O)nc(N2C[C@H](C)C[C@H](C)C2)c2cc(F)c(-c3c(N)c(Cl)c(F)c(Cl)c3F)nc21. The molecule has 3 aliphatic heterocycles. The van der Waals surface area contributed by atoms with Crippen LogP contribution in [0.4, 0.5) is 82.8 Å². The lowest BCUT2D eigenvalue weighted by molar-refractivity contribution is 0.355. The van der Waals surface area contributed by atoms with E-state index in [4.69, 9.17) is 63.6 Å². The number of pyridine rings is 6. The van der Waals surface area contributed by atoms with Gasteiger partial charge in [0.25, 0.3) is 0 Å². The van der Waals surface area contributed by atoms with Crippen LogP contribution in [0.15, 0.2) is 69.4 Å². The smallest absolute Gasteiger partial charge is 0.355 e. The maximum absolute atomic E-state index is 16.0. The van der Waals surface area contributed by atoms with E-state index in [2.05, 4.69) is 86.4 Å². The summed E-state index contributed by atoms with van der Waals surface area (Å²) in [6, 6.07) is 8.42. The number of rotatable bonds is 12. The van der Waals surface area contributed by atoms with Gasteiger partial charge < -0.3 is 31.9 Å². The number of halogens is 15. The summed E-state index contributed by atoms with van der Waals surface area (Å²) in [5.74, 6) is -14.3. The molecule has 36 heteroatoms. The van der Waals surface area contributed by atoms with Crippen LogP contribution in [-0.4, -0.2) is 97.8 Å². The van der Waals surface area contributed by atoms with Crippen molar-refractivity contribution in [3.8, 4) is 50.8 Å². The highest BCUT2D eigenvalue weighted by Gasteiger charge is 2.37. The number of anilines is 6. The largest absolute Gasteiger partial charge is 0.397 e. The Morgan fingerprint density at radius 3 is 0.984 bits per heavy atom. The minimum Gasteiger partial charge on any atom is -0.397 e. The lowest BCUT2D eigenvalue weighted by atomic mass is 9.92. The number of piperidine rings is 3. The number of fused-ring (bicyclic) bond motifs is 3. The summed E-state index contributed by atoms with van der Waals surface area (Å²) in [5, 5.41) is -2.30. The fourth-order valence-electron chi connectivity index (χ4n) is 17.1. The Labute approximate surface area is 719 Å². The number of hydrogen-bond acceptors (Lipinski definition) is 18. The van der Waals surface area contributed by atoms with Crippen LogP contribution in [0.5, 0.6) is 0 Å². The second-order valence-corrected chi connectivity index (χ2v) is 35.0. The minimum absolute atomic E-state index is 0.00986. The molecule has 6 atom stereocenters. The normalized spacial score (nSPS) is 17.6. The molecule has 3 saturated heterocycles. The number of nitrogens with two attached hydrogens (primary N) is 3. The second kappa shape index (κ2) is 35.1. The molecule has 0 aliphatic carbocycles. The van der Waals surface area contributed by atoms with Crippen molar-refractivity contribution >= 4 is 114 Å². The third-order valence-electron chi connectivity index (χ3n) is 22.3. The van der Waals surface area contributed by atoms with Crippen LogP contribution in [0.25, 0.3) is 83.9 Å². The molecular weight excluding hydrogens is 1700 g/mol. The van der Waals surface area contributed by atoms with Gasteiger partial charge in [0.15, 0.2) is 75.1 Å². The van der Waals surface area contributed by atoms with Gasteiger partial charge in [-0.15, -0.1) is 0 Å². The molecule has 15 rings (SSSR count). The standard InChI is InChI=1S/2C29H29Cl2F3N6O.C29H29F5N6O/c1-12(2)24-26(15(5)6-7-36-24)40-28-16(27(38-29(40)41)39-10-13(3)8-14(4)11-39)9-17(32)25(37-28)18-21(33)19(30)22(34)20(31)23(18)35;1-12(2)24-26(15(5)6-7-36-24)40-28-16(27(38-29(40)41)39-10-13(3)8-14(4)11-39)9-17(32)25(37-28)18-19(30)21(33)22(34)23(35)20(18)31;1-12(2)24-26(15(5)6-7-36-24)40-28-16(27(38-29(40)41)39-10-13(3)8-14(4)11-39)9-17(30)25(37-28)18-19(31)21(33)22(34)23(35)20(18)32/h3*6-7,9,12-14H,8,10-11,35H2,1-5H3/t3*13-,14+. The average Bonchev–Trinajstić information content (AvgIpc) is 0.738. The van der Waals surface area contributed by atoms with Crippen LogP contribution in [-0.2, 0) is 0 Å². The Hall–Kier alpha value is -10.8. The van der Waals surface area contributed by atoms with Gasteiger partial charge in [-0.25, -0.2) is 91.3 Å². The van der Waals surface area contributed by atoms with Crippen molar-refractivity contribution in [1.29, 1.82) is 0 Å². The van der Waals surface area contributed by atoms with E-state index in [9.17, 15) is 40.7 Å². The monoisotopic (exact) mass is 1780 g/mol. The van der Waals surface area contributed by atoms with E-state index in [1.54, 1.807) is 43.7 Å². The first-order valence-electron chi connectivity index (χ1n) is 39.8. The zero-order chi connectivity index (χ0) is 89.7. The van der Waals surface area contributed by atoms with Crippen molar-refractivity contribution in [1.82, 2.24) is 58.6 Å². The molecule has 123 heavy (non-hydrogen) atoms. The van der Waals surface area contributed by atoms with Crippen LogP contribution < -0.4 is 49.0 Å². The summed E-state index contributed by atoms with van der Waals surface area (Å²) in [6.45, 7) is 32.8. The molecular formula is C87H87Cl4F11N18O3. The zero-order valence-corrected chi connectivity index (χ0v) is 72.6. The summed E-state index contributed by atoms with van der Waals surface area (Å²) >= 11 is 24.2. The molecule has 12 aromatic rings. The van der Waals surface area contributed by atoms with E-state index in [1.807, 2.05) is 70.1 Å². The summed E-state index contributed by atoms with van der Waals surface area (Å²) in [7, 11) is 0. The first-order chi connectivity index (χ1) is 57.9. The van der Waals surface area contributed by atoms with Gasteiger partial charge in [0.2, 0.25) is 0 Å². The van der Waals surface area contributed by atoms with Crippen LogP contribution in [0.1, 0.15) is 154 Å². The van der Waals surface area contributed by atoms with Gasteiger partial charge in [-0.1, -0.05) is 129 Å². The van der Waals surface area contributed by atoms with E-state index in [0.717, 1.165) is 36.0 Å². The summed E-state index contributed by atoms with van der Waals surface area (Å²) in [6.07, 6.45) is 7.81. The van der Waals surface area contributed by atoms with Crippen LogP contribution in [0, 0.1) is 120 Å². The highest BCUT2D eigenvalue weighted by Crippen LogP contribution is 2.47. The number of aromatic nitrogens is 12. The van der Waals surface area contributed by atoms with E-state index in [0.29, 0.717) is 114 Å². The van der Waals surface area contributed by atoms with Gasteiger partial charge in [-0.05, 0) is 146 Å². The number of nitrogen functional groups attached to an aromatic ring is 3. The molecule has 3 aliphatic rings. The van der Waals surface area contributed by atoms with Gasteiger partial charge >= 0.3 is 17.1 Å². The van der Waals surface area contributed by atoms with E-state index in [1.165, 1.54) is 15.2 Å². The van der Waals surface area contributed by atoms with E-state index in [-0.39, 0.29) is 80.1 Å². The Bertz CT molecular complexity index is 5770. The molecule has 0 spiro atoms. The zero-order valence-electron chi connectivity index (χ0n) is 69.6. The maximum Gasteiger partial charge on any atom is 0.355 e. The van der Waals surface area contributed by atoms with Gasteiger partial charge in [-0.2, -0.15) is 15.0 Å². The fraction of sp³-hybridized carbons (Fsp3) is 0.379. The Kier molecular flexibility index (Phi) is 25.6. The predicted octanol–water partition coefficient (Wildman–Crippen LogP) is 20.2. The number of hydrogen-bond donors (Lipinski definition) is 3. The number of benzene rings is 3. The molecule has 0 radical (unpaired) electrons. The van der Waals surface area contributed by atoms with Gasteiger partial charge in [-0.3, -0.25) is 15.0 Å². The van der Waals surface area contributed by atoms with Crippen molar-refractivity contribution in [2.75, 3.05) is 71.2 Å². The van der Waals surface area contributed by atoms with Gasteiger partial charge in [0, 0.05) is 63.4 Å². The molecule has 6 N–H and O–H groups in total. The predicted molar refractivity (Wildman–Crippen MR) is 460 cm³/mol. The van der Waals surface area contributed by atoms with Crippen LogP contribution >= 0.6 is 46.4 Å². The fourth-order valence-corrected chi connectivity index (χ4v) is 18.1. The molecule has 21 nitrogen and oxygen atoms in total. The lowest BCUT2D eigenvalue weighted by Crippen LogP contribution is -2.41. The maximum atomic E-state index is 16.0. The van der Waals surface area contributed by atoms with E-state index < -0.39 is 152 Å². The first kappa shape index (κ1) is 89.9. The van der Waals surface area contributed by atoms with Crippen LogP contribution in [0.2, 0.25) is 20.1 Å². The highest BCUT2D eigenvalue weighted by atomic mass is 35.5. The average molecular weight is 1780 g/mol. The molecule has 12 heterocycles. The Balaban J connectivity index is 0.000000159. The molecule has 0 bridgehead atoms. The lowest BCUT2D eigenvalue weighted by Gasteiger charge is -2.36. The quantitative estimate of drug-likeness (QED) is 0.0444. The van der Waals surface area contributed by atoms with Crippen molar-refractivity contribution in [2.24, 2.45) is 35.5 Å². The van der Waals surface area contributed by atoms with E-state index >= 15 is 22.0 Å². The molecule has 9 aromatic heterocycles. The minimum atomic E-state index is -2.07. The third kappa shape index (κ3) is 16.5. The Morgan fingerprint density at radius 2 is 0.659 bits per heavy atom. The topological polar surface area (TPSA) is 270 Å². The first-order valence-corrected chi connectivity index (χ1v) is 41.3. The Morgan fingerprint density at radius 1 is 0.350 bits per heavy atom. The summed E-state index contributed by atoms with van der Waals surface area (Å²) in [4.78, 5) is 87.2. The van der Waals surface area contributed by atoms with Crippen molar-refractivity contribution in [3.63, 3.8) is 0 Å². The molecule has 0 saturated carbocycles. The molecule has 648 valence electrons. The third-order valence-corrected chi connectivity index (χ3v) is 23.7. The number of nitrogens with zero attached hydrogens (tertiary/aromatic N) is 15. The summed E-state index contributed by atoms with van der Waals surface area (Å²) in [5.41, 5.74) is 12.7. The number of aryl methyl sites for hydroxylation is 3. The van der Waals surface area contributed by atoms with Crippen molar-refractivity contribution in [2.45, 2.75) is 141 Å². The van der Waals surface area contributed by atoms with Gasteiger partial charge in [0.1, 0.15) is 56.1 Å². The van der Waals surface area contributed by atoms with Crippen molar-refractivity contribution < 1.29 is 48.3 Å². The molecule has 0 amide bonds. The second-order valence-electron chi connectivity index (χ2n) is 33.5. The van der Waals surface area contributed by atoms with Crippen LogP contribution in [0.3, 0.4) is 0 Å². The molecule has 0 unspecified atom stereocenters. The van der Waals surface area contributed by atoms with Gasteiger partial charge in [0.05, 0.1) is 82.8 Å². The molecule has 3 fully saturated rings. The highest BCUT2D eigenvalue weighted by molar-refractivity contribution is 6.41. The molecule has 3 aromatic carbocycles. The van der Waals surface area contributed by atoms with Crippen molar-refractivity contribution in [3.05, 3.63) is 204 Å². The summed E-state index contributed by atoms with van der Waals surface area (Å²) < 4.78 is 168.